The molecule has 7 heteroatoms. The van der Waals surface area contributed by atoms with E-state index in [1.54, 1.807) is 12.1 Å². The van der Waals surface area contributed by atoms with Crippen LogP contribution in [0.5, 0.6) is 0 Å². The Kier molecular flexibility index (Phi) is 5.76. The van der Waals surface area contributed by atoms with E-state index >= 15 is 0 Å². The SMILES string of the molecule is CN/C=C(\C=N)c1cc2c(nc1C)N[C@@]1(CC2)CCN(C(=O)Cc2ccc(F)cc2)C1. The Morgan fingerprint density at radius 1 is 1.35 bits per heavy atom. The van der Waals surface area contributed by atoms with Gasteiger partial charge in [-0.05, 0) is 55.5 Å². The van der Waals surface area contributed by atoms with E-state index in [9.17, 15) is 9.18 Å². The second-order valence-electron chi connectivity index (χ2n) is 8.44. The Bertz CT molecular complexity index is 1030. The average molecular weight is 422 g/mol. The number of anilines is 1. The van der Waals surface area contributed by atoms with E-state index in [2.05, 4.69) is 16.7 Å². The summed E-state index contributed by atoms with van der Waals surface area (Å²) < 4.78 is 13.1. The third-order valence-electron chi connectivity index (χ3n) is 6.29. The van der Waals surface area contributed by atoms with Crippen LogP contribution in [-0.4, -0.2) is 47.7 Å². The maximum atomic E-state index is 13.1. The number of likely N-dealkylation sites (tertiary alicyclic amines) is 1. The number of halogens is 1. The van der Waals surface area contributed by atoms with Gasteiger partial charge in [-0.25, -0.2) is 9.37 Å². The summed E-state index contributed by atoms with van der Waals surface area (Å²) in [6.45, 7) is 3.32. The lowest BCUT2D eigenvalue weighted by Crippen LogP contribution is -2.45. The predicted octanol–water partition coefficient (Wildman–Crippen LogP) is 3.31. The van der Waals surface area contributed by atoms with E-state index in [1.807, 2.05) is 25.1 Å². The van der Waals surface area contributed by atoms with Crippen LogP contribution < -0.4 is 10.6 Å². The second kappa shape index (κ2) is 8.49. The smallest absolute Gasteiger partial charge is 0.227 e. The molecule has 4 rings (SSSR count). The maximum absolute atomic E-state index is 13.1. The minimum atomic E-state index is -0.290. The van der Waals surface area contributed by atoms with Gasteiger partial charge < -0.3 is 20.9 Å². The summed E-state index contributed by atoms with van der Waals surface area (Å²) in [5.41, 5.74) is 4.45. The van der Waals surface area contributed by atoms with Crippen molar-refractivity contribution in [3.63, 3.8) is 0 Å². The molecule has 1 atom stereocenters. The van der Waals surface area contributed by atoms with Gasteiger partial charge in [-0.1, -0.05) is 12.1 Å². The summed E-state index contributed by atoms with van der Waals surface area (Å²) in [7, 11) is 1.82. The lowest BCUT2D eigenvalue weighted by molar-refractivity contribution is -0.129. The van der Waals surface area contributed by atoms with Gasteiger partial charge in [-0.3, -0.25) is 4.79 Å². The lowest BCUT2D eigenvalue weighted by Gasteiger charge is -2.36. The third kappa shape index (κ3) is 4.31. The van der Waals surface area contributed by atoms with Crippen LogP contribution in [0.15, 0.2) is 36.5 Å². The number of benzene rings is 1. The monoisotopic (exact) mass is 421 g/mol. The van der Waals surface area contributed by atoms with Gasteiger partial charge in [0.15, 0.2) is 0 Å². The number of amides is 1. The lowest BCUT2D eigenvalue weighted by atomic mass is 9.86. The quantitative estimate of drug-likeness (QED) is 0.647. The van der Waals surface area contributed by atoms with Crippen molar-refractivity contribution in [3.8, 4) is 0 Å². The number of aryl methyl sites for hydroxylation is 2. The molecule has 0 bridgehead atoms. The van der Waals surface area contributed by atoms with Gasteiger partial charge in [-0.15, -0.1) is 0 Å². The number of hydrogen-bond acceptors (Lipinski definition) is 5. The average Bonchev–Trinajstić information content (AvgIpc) is 3.17. The van der Waals surface area contributed by atoms with Crippen molar-refractivity contribution in [2.75, 3.05) is 25.5 Å². The molecular formula is C24H28FN5O. The number of hydrogen-bond donors (Lipinski definition) is 3. The molecule has 0 unspecified atom stereocenters. The van der Waals surface area contributed by atoms with Crippen molar-refractivity contribution in [2.45, 2.75) is 38.1 Å². The van der Waals surface area contributed by atoms with Crippen LogP contribution in [0, 0.1) is 18.2 Å². The molecule has 1 amide bonds. The zero-order valence-corrected chi connectivity index (χ0v) is 18.0. The first-order chi connectivity index (χ1) is 14.9. The van der Waals surface area contributed by atoms with Crippen molar-refractivity contribution in [3.05, 3.63) is 64.7 Å². The standard InChI is InChI=1S/C24H28FN5O/c1-16-21(19(13-26)14-27-2)12-18-7-8-24(29-23(18)28-16)9-10-30(15-24)22(31)11-17-3-5-20(25)6-4-17/h3-6,12-14,26-27H,7-11,15H2,1-2H3,(H,28,29)/b19-14+,26-13?/t24-/m0/s1. The number of carbonyl (C=O) groups excluding carboxylic acids is 1. The van der Waals surface area contributed by atoms with Gasteiger partial charge in [0.25, 0.3) is 0 Å². The molecule has 3 heterocycles. The van der Waals surface area contributed by atoms with E-state index in [4.69, 9.17) is 10.4 Å². The molecule has 31 heavy (non-hydrogen) atoms. The zero-order valence-electron chi connectivity index (χ0n) is 18.0. The topological polar surface area (TPSA) is 81.1 Å². The Balaban J connectivity index is 1.47. The minimum Gasteiger partial charge on any atom is -0.393 e. The van der Waals surface area contributed by atoms with Gasteiger partial charge in [0.2, 0.25) is 5.91 Å². The Labute approximate surface area is 182 Å². The highest BCUT2D eigenvalue weighted by atomic mass is 19.1. The molecule has 2 aromatic rings. The predicted molar refractivity (Wildman–Crippen MR) is 121 cm³/mol. The molecule has 0 saturated carbocycles. The number of aromatic nitrogens is 1. The molecule has 0 aliphatic carbocycles. The Hall–Kier alpha value is -3.22. The summed E-state index contributed by atoms with van der Waals surface area (Å²) in [6, 6.07) is 8.25. The van der Waals surface area contributed by atoms with Crippen LogP contribution in [0.25, 0.3) is 5.57 Å². The highest BCUT2D eigenvalue weighted by Crippen LogP contribution is 2.37. The molecule has 1 fully saturated rings. The minimum absolute atomic E-state index is 0.0726. The molecule has 162 valence electrons. The first kappa shape index (κ1) is 21.0. The molecule has 0 radical (unpaired) electrons. The molecule has 1 saturated heterocycles. The summed E-state index contributed by atoms with van der Waals surface area (Å²) in [5, 5.41) is 14.3. The largest absolute Gasteiger partial charge is 0.393 e. The number of nitrogens with zero attached hydrogens (tertiary/aromatic N) is 2. The van der Waals surface area contributed by atoms with Gasteiger partial charge >= 0.3 is 0 Å². The van der Waals surface area contributed by atoms with E-state index < -0.39 is 0 Å². The Morgan fingerprint density at radius 3 is 2.84 bits per heavy atom. The highest BCUT2D eigenvalue weighted by molar-refractivity contribution is 6.08. The van der Waals surface area contributed by atoms with E-state index in [1.165, 1.54) is 18.3 Å². The van der Waals surface area contributed by atoms with E-state index in [0.29, 0.717) is 13.1 Å². The van der Waals surface area contributed by atoms with Crippen molar-refractivity contribution >= 4 is 23.5 Å². The highest BCUT2D eigenvalue weighted by Gasteiger charge is 2.42. The number of carbonyl (C=O) groups is 1. The Morgan fingerprint density at radius 2 is 2.13 bits per heavy atom. The fourth-order valence-electron chi connectivity index (χ4n) is 4.56. The van der Waals surface area contributed by atoms with Crippen molar-refractivity contribution in [1.29, 1.82) is 5.41 Å². The van der Waals surface area contributed by atoms with Crippen LogP contribution in [-0.2, 0) is 17.6 Å². The second-order valence-corrected chi connectivity index (χ2v) is 8.44. The van der Waals surface area contributed by atoms with Crippen molar-refractivity contribution in [2.24, 2.45) is 0 Å². The summed E-state index contributed by atoms with van der Waals surface area (Å²) in [6.07, 6.45) is 6.13. The first-order valence-corrected chi connectivity index (χ1v) is 10.6. The molecular weight excluding hydrogens is 393 g/mol. The molecule has 6 nitrogen and oxygen atoms in total. The zero-order chi connectivity index (χ0) is 22.0. The maximum Gasteiger partial charge on any atom is 0.227 e. The number of nitrogens with one attached hydrogen (secondary N) is 3. The van der Waals surface area contributed by atoms with Crippen molar-refractivity contribution < 1.29 is 9.18 Å². The van der Waals surface area contributed by atoms with Crippen LogP contribution in [0.2, 0.25) is 0 Å². The fraction of sp³-hybridized carbons (Fsp3) is 0.375. The van der Waals surface area contributed by atoms with Crippen molar-refractivity contribution in [1.82, 2.24) is 15.2 Å². The van der Waals surface area contributed by atoms with Crippen LogP contribution in [0.3, 0.4) is 0 Å². The van der Waals surface area contributed by atoms with E-state index in [-0.39, 0.29) is 23.7 Å². The van der Waals surface area contributed by atoms with Gasteiger partial charge in [0.05, 0.1) is 12.0 Å². The van der Waals surface area contributed by atoms with Gasteiger partial charge in [-0.2, -0.15) is 0 Å². The van der Waals surface area contributed by atoms with E-state index in [0.717, 1.165) is 53.0 Å². The number of pyridine rings is 1. The molecule has 2 aliphatic rings. The van der Waals surface area contributed by atoms with Gasteiger partial charge in [0, 0.05) is 49.4 Å². The summed E-state index contributed by atoms with van der Waals surface area (Å²) in [5.74, 6) is 0.666. The van der Waals surface area contributed by atoms with Gasteiger partial charge in [0.1, 0.15) is 11.6 Å². The summed E-state index contributed by atoms with van der Waals surface area (Å²) in [4.78, 5) is 19.5. The molecule has 1 aromatic heterocycles. The van der Waals surface area contributed by atoms with Crippen LogP contribution >= 0.6 is 0 Å². The number of rotatable bonds is 5. The third-order valence-corrected chi connectivity index (χ3v) is 6.29. The van der Waals surface area contributed by atoms with Crippen LogP contribution in [0.1, 0.15) is 35.2 Å². The normalized spacial score (nSPS) is 20.4. The molecule has 1 aromatic carbocycles. The number of allylic oxidation sites excluding steroid dienone is 1. The number of fused-ring (bicyclic) bond motifs is 1. The van der Waals surface area contributed by atoms with Crippen LogP contribution in [0.4, 0.5) is 10.2 Å². The molecule has 1 spiro atoms. The fourth-order valence-corrected chi connectivity index (χ4v) is 4.56. The summed E-state index contributed by atoms with van der Waals surface area (Å²) >= 11 is 0. The first-order valence-electron chi connectivity index (χ1n) is 10.6. The molecule has 2 aliphatic heterocycles. The molecule has 3 N–H and O–H groups in total.